The van der Waals surface area contributed by atoms with Gasteiger partial charge >= 0.3 is 6.16 Å². The molecule has 1 aromatic carbocycles. The van der Waals surface area contributed by atoms with Crippen LogP contribution in [0, 0.1) is 6.92 Å². The van der Waals surface area contributed by atoms with Crippen molar-refractivity contribution in [1.82, 2.24) is 0 Å². The maximum Gasteiger partial charge on any atom is 0.508 e. The van der Waals surface area contributed by atoms with E-state index in [0.29, 0.717) is 13.1 Å². The van der Waals surface area contributed by atoms with Crippen LogP contribution in [0.25, 0.3) is 0 Å². The van der Waals surface area contributed by atoms with Gasteiger partial charge in [0.1, 0.15) is 12.2 Å². The number of hydrogen-bond acceptors (Lipinski definition) is 4. The van der Waals surface area contributed by atoms with Crippen LogP contribution in [-0.2, 0) is 9.47 Å². The van der Waals surface area contributed by atoms with E-state index in [4.69, 9.17) is 9.47 Å². The number of carbonyl (C=O) groups excluding carboxylic acids is 1. The van der Waals surface area contributed by atoms with Crippen molar-refractivity contribution in [3.63, 3.8) is 0 Å². The van der Waals surface area contributed by atoms with Crippen LogP contribution in [-0.4, -0.2) is 31.5 Å². The van der Waals surface area contributed by atoms with E-state index in [0.717, 1.165) is 5.69 Å². The van der Waals surface area contributed by atoms with E-state index in [-0.39, 0.29) is 12.2 Å². The highest BCUT2D eigenvalue weighted by atomic mass is 16.7. The fourth-order valence-corrected chi connectivity index (χ4v) is 2.16. The highest BCUT2D eigenvalue weighted by Gasteiger charge is 2.23. The Labute approximate surface area is 107 Å². The monoisotopic (exact) mass is 249 g/mol. The van der Waals surface area contributed by atoms with Gasteiger partial charge in [0.25, 0.3) is 0 Å². The molecule has 2 atom stereocenters. The zero-order valence-corrected chi connectivity index (χ0v) is 11.1. The van der Waals surface area contributed by atoms with Gasteiger partial charge < -0.3 is 14.4 Å². The molecule has 4 heteroatoms. The largest absolute Gasteiger partial charge is 0.508 e. The molecule has 4 nitrogen and oxygen atoms in total. The zero-order valence-electron chi connectivity index (χ0n) is 11.1. The highest BCUT2D eigenvalue weighted by molar-refractivity contribution is 5.61. The van der Waals surface area contributed by atoms with Gasteiger partial charge in [0.2, 0.25) is 0 Å². The highest BCUT2D eigenvalue weighted by Crippen LogP contribution is 2.19. The van der Waals surface area contributed by atoms with Crippen LogP contribution >= 0.6 is 0 Å². The Balaban J connectivity index is 2.18. The molecule has 1 fully saturated rings. The summed E-state index contributed by atoms with van der Waals surface area (Å²) in [7, 11) is 0. The molecule has 0 N–H and O–H groups in total. The van der Waals surface area contributed by atoms with E-state index in [1.54, 1.807) is 0 Å². The second-order valence-corrected chi connectivity index (χ2v) is 4.85. The van der Waals surface area contributed by atoms with Gasteiger partial charge in [-0.05, 0) is 38.5 Å². The molecule has 0 aliphatic carbocycles. The Hall–Kier alpha value is -1.71. The predicted octanol–water partition coefficient (Wildman–Crippen LogP) is 2.75. The van der Waals surface area contributed by atoms with Crippen LogP contribution in [0.4, 0.5) is 10.5 Å². The minimum absolute atomic E-state index is 0.175. The third-order valence-corrected chi connectivity index (χ3v) is 2.92. The number of nitrogens with zero attached hydrogens (tertiary/aromatic N) is 1. The first kappa shape index (κ1) is 12.7. The first-order chi connectivity index (χ1) is 8.54. The Bertz CT molecular complexity index is 417. The van der Waals surface area contributed by atoms with Crippen molar-refractivity contribution >= 4 is 11.8 Å². The maximum atomic E-state index is 11.3. The van der Waals surface area contributed by atoms with Crippen LogP contribution < -0.4 is 4.90 Å². The van der Waals surface area contributed by atoms with Gasteiger partial charge in [-0.3, -0.25) is 0 Å². The molecule has 1 saturated heterocycles. The topological polar surface area (TPSA) is 38.8 Å². The number of aryl methyl sites for hydroxylation is 1. The quantitative estimate of drug-likeness (QED) is 0.717. The van der Waals surface area contributed by atoms with E-state index < -0.39 is 6.16 Å². The van der Waals surface area contributed by atoms with Gasteiger partial charge in [-0.25, -0.2) is 4.79 Å². The summed E-state index contributed by atoms with van der Waals surface area (Å²) in [4.78, 5) is 13.5. The zero-order chi connectivity index (χ0) is 13.1. The molecule has 0 bridgehead atoms. The predicted molar refractivity (Wildman–Crippen MR) is 69.9 cm³/mol. The van der Waals surface area contributed by atoms with Crippen molar-refractivity contribution in [3.8, 4) is 0 Å². The lowest BCUT2D eigenvalue weighted by molar-refractivity contribution is 0.00130. The molecule has 1 aliphatic rings. The van der Waals surface area contributed by atoms with Crippen molar-refractivity contribution in [1.29, 1.82) is 0 Å². The fraction of sp³-hybridized carbons (Fsp3) is 0.500. The minimum atomic E-state index is -0.570. The molecule has 0 unspecified atom stereocenters. The van der Waals surface area contributed by atoms with Gasteiger partial charge in [0.05, 0.1) is 13.1 Å². The molecular weight excluding hydrogens is 230 g/mol. The van der Waals surface area contributed by atoms with Gasteiger partial charge in [0, 0.05) is 5.69 Å². The normalized spacial score (nSPS) is 24.8. The van der Waals surface area contributed by atoms with E-state index in [2.05, 4.69) is 30.0 Å². The number of ether oxygens (including phenoxy) is 2. The summed E-state index contributed by atoms with van der Waals surface area (Å²) in [5.41, 5.74) is 2.35. The second-order valence-electron chi connectivity index (χ2n) is 4.85. The number of cyclic esters (lactones) is 2. The van der Waals surface area contributed by atoms with Crippen molar-refractivity contribution in [2.45, 2.75) is 33.0 Å². The van der Waals surface area contributed by atoms with E-state index >= 15 is 0 Å². The molecule has 2 rings (SSSR count). The standard InChI is InChI=1S/C14H19NO3/c1-10-5-4-6-13(7-10)15-8-11(2)17-14(16)18-12(3)9-15/h4-7,11-12H,8-9H2,1-3H3/t11-,12+. The van der Waals surface area contributed by atoms with Crippen LogP contribution in [0.15, 0.2) is 24.3 Å². The summed E-state index contributed by atoms with van der Waals surface area (Å²) in [6.45, 7) is 7.18. The van der Waals surface area contributed by atoms with Crippen LogP contribution in [0.3, 0.4) is 0 Å². The number of anilines is 1. The lowest BCUT2D eigenvalue weighted by Crippen LogP contribution is -2.42. The Morgan fingerprint density at radius 1 is 1.17 bits per heavy atom. The van der Waals surface area contributed by atoms with E-state index in [1.807, 2.05) is 19.9 Å². The van der Waals surface area contributed by atoms with Crippen molar-refractivity contribution in [3.05, 3.63) is 29.8 Å². The molecule has 18 heavy (non-hydrogen) atoms. The second kappa shape index (κ2) is 5.29. The molecular formula is C14H19NO3. The molecule has 0 amide bonds. The molecule has 1 aliphatic heterocycles. The number of hydrogen-bond donors (Lipinski definition) is 0. The van der Waals surface area contributed by atoms with Crippen LogP contribution in [0.2, 0.25) is 0 Å². The summed E-state index contributed by atoms with van der Waals surface area (Å²) in [6, 6.07) is 8.29. The average Bonchev–Trinajstić information content (AvgIpc) is 2.25. The van der Waals surface area contributed by atoms with E-state index in [1.165, 1.54) is 5.56 Å². The number of benzene rings is 1. The Morgan fingerprint density at radius 3 is 2.33 bits per heavy atom. The third-order valence-electron chi connectivity index (χ3n) is 2.92. The first-order valence-corrected chi connectivity index (χ1v) is 6.23. The summed E-state index contributed by atoms with van der Waals surface area (Å²) >= 11 is 0. The minimum Gasteiger partial charge on any atom is -0.429 e. The van der Waals surface area contributed by atoms with Gasteiger partial charge in [-0.2, -0.15) is 0 Å². The Morgan fingerprint density at radius 2 is 1.78 bits per heavy atom. The number of carbonyl (C=O) groups is 1. The van der Waals surface area contributed by atoms with Crippen LogP contribution in [0.1, 0.15) is 19.4 Å². The molecule has 0 saturated carbocycles. The molecule has 0 spiro atoms. The lowest BCUT2D eigenvalue weighted by atomic mass is 10.2. The first-order valence-electron chi connectivity index (χ1n) is 6.23. The molecule has 1 aromatic rings. The lowest BCUT2D eigenvalue weighted by Gasteiger charge is -2.32. The third kappa shape index (κ3) is 3.15. The molecule has 98 valence electrons. The van der Waals surface area contributed by atoms with Crippen molar-refractivity contribution < 1.29 is 14.3 Å². The average molecular weight is 249 g/mol. The molecule has 0 aromatic heterocycles. The van der Waals surface area contributed by atoms with Gasteiger partial charge in [0.15, 0.2) is 0 Å². The Kier molecular flexibility index (Phi) is 3.75. The van der Waals surface area contributed by atoms with Gasteiger partial charge in [-0.15, -0.1) is 0 Å². The van der Waals surface area contributed by atoms with E-state index in [9.17, 15) is 4.79 Å². The fourth-order valence-electron chi connectivity index (χ4n) is 2.16. The number of rotatable bonds is 1. The smallest absolute Gasteiger partial charge is 0.429 e. The van der Waals surface area contributed by atoms with Crippen molar-refractivity contribution in [2.75, 3.05) is 18.0 Å². The molecule has 0 radical (unpaired) electrons. The molecule has 1 heterocycles. The van der Waals surface area contributed by atoms with Crippen LogP contribution in [0.5, 0.6) is 0 Å². The summed E-state index contributed by atoms with van der Waals surface area (Å²) in [6.07, 6.45) is -0.921. The summed E-state index contributed by atoms with van der Waals surface area (Å²) < 4.78 is 10.3. The van der Waals surface area contributed by atoms with Gasteiger partial charge in [-0.1, -0.05) is 12.1 Å². The SMILES string of the molecule is Cc1cccc(N2C[C@@H](C)OC(=O)O[C@@H](C)C2)c1. The summed E-state index contributed by atoms with van der Waals surface area (Å²) in [5.74, 6) is 0. The maximum absolute atomic E-state index is 11.3. The van der Waals surface area contributed by atoms with Crippen molar-refractivity contribution in [2.24, 2.45) is 0 Å². The summed E-state index contributed by atoms with van der Waals surface area (Å²) in [5, 5.41) is 0.